The molecule has 0 amide bonds. The second-order valence-electron chi connectivity index (χ2n) is 8.72. The Balaban J connectivity index is 0.00000187. The molecule has 1 aliphatic heterocycles. The minimum absolute atomic E-state index is 0.0806. The maximum absolute atomic E-state index is 13.1. The molecule has 0 bridgehead atoms. The lowest BCUT2D eigenvalue weighted by atomic mass is 9.88. The Kier molecular flexibility index (Phi) is 11.3. The molecule has 2 nitrogen and oxygen atoms in total. The van der Waals surface area contributed by atoms with Gasteiger partial charge in [0.2, 0.25) is 0 Å². The van der Waals surface area contributed by atoms with Gasteiger partial charge in [0.05, 0.1) is 18.4 Å². The predicted molar refractivity (Wildman–Crippen MR) is 132 cm³/mol. The van der Waals surface area contributed by atoms with Crippen LogP contribution in [-0.2, 0) is 10.9 Å². The summed E-state index contributed by atoms with van der Waals surface area (Å²) >= 11 is 6.24. The maximum Gasteiger partial charge on any atom is 0.416 e. The molecule has 1 heterocycles. The van der Waals surface area contributed by atoms with E-state index in [0.29, 0.717) is 10.6 Å². The highest BCUT2D eigenvalue weighted by molar-refractivity contribution is 6.31. The molecule has 3 rings (SSSR count). The third-order valence-electron chi connectivity index (χ3n) is 6.64. The molecule has 0 atom stereocenters. The van der Waals surface area contributed by atoms with Gasteiger partial charge in [-0.3, -0.25) is 0 Å². The molecule has 1 saturated heterocycles. The molecule has 1 aliphatic carbocycles. The van der Waals surface area contributed by atoms with Crippen molar-refractivity contribution in [2.75, 3.05) is 26.7 Å². The number of hydrogen-bond donors (Lipinski definition) is 0. The van der Waals surface area contributed by atoms with Gasteiger partial charge in [-0.25, -0.2) is 0 Å². The van der Waals surface area contributed by atoms with Crippen LogP contribution in [0.4, 0.5) is 13.2 Å². The zero-order chi connectivity index (χ0) is 24.4. The average Bonchev–Trinajstić information content (AvgIpc) is 3.02. The van der Waals surface area contributed by atoms with Crippen LogP contribution in [-0.4, -0.2) is 31.6 Å². The quantitative estimate of drug-likeness (QED) is 0.295. The molecule has 0 N–H and O–H groups in total. The van der Waals surface area contributed by atoms with Crippen molar-refractivity contribution in [3.8, 4) is 0 Å². The first-order valence-corrected chi connectivity index (χ1v) is 12.7. The van der Waals surface area contributed by atoms with Crippen LogP contribution in [0.15, 0.2) is 41.7 Å². The fourth-order valence-electron chi connectivity index (χ4n) is 4.82. The van der Waals surface area contributed by atoms with Crippen molar-refractivity contribution in [3.05, 3.63) is 57.8 Å². The lowest BCUT2D eigenvalue weighted by Crippen LogP contribution is -2.33. The highest BCUT2D eigenvalue weighted by Crippen LogP contribution is 2.38. The normalized spacial score (nSPS) is 20.0. The van der Waals surface area contributed by atoms with Crippen LogP contribution in [0, 0.1) is 0 Å². The van der Waals surface area contributed by atoms with E-state index in [9.17, 15) is 13.2 Å². The molecule has 2 fully saturated rings. The lowest BCUT2D eigenvalue weighted by molar-refractivity contribution is -0.137. The van der Waals surface area contributed by atoms with E-state index in [0.717, 1.165) is 70.0 Å². The Morgan fingerprint density at radius 3 is 2.42 bits per heavy atom. The number of allylic oxidation sites excluding steroid dienone is 3. The summed E-state index contributed by atoms with van der Waals surface area (Å²) in [7, 11) is 1.75. The number of hydrogen-bond acceptors (Lipinski definition) is 2. The first-order chi connectivity index (χ1) is 15.8. The zero-order valence-corrected chi connectivity index (χ0v) is 21.1. The number of alkyl halides is 3. The molecule has 6 heteroatoms. The SMILES string of the molecule is C=C1CCCCC/C1=C(\CCCN1CCC(c2cc(C(F)(F)F)ccc2Cl)CC1)OC.CC. The van der Waals surface area contributed by atoms with Crippen LogP contribution in [0.25, 0.3) is 0 Å². The van der Waals surface area contributed by atoms with Gasteiger partial charge in [0.15, 0.2) is 0 Å². The van der Waals surface area contributed by atoms with Gasteiger partial charge >= 0.3 is 6.18 Å². The molecule has 0 radical (unpaired) electrons. The van der Waals surface area contributed by atoms with Gasteiger partial charge in [0.1, 0.15) is 0 Å². The van der Waals surface area contributed by atoms with Crippen LogP contribution in [0.1, 0.15) is 88.7 Å². The highest BCUT2D eigenvalue weighted by atomic mass is 35.5. The molecular formula is C27H39ClF3NO. The number of methoxy groups -OCH3 is 1. The van der Waals surface area contributed by atoms with E-state index < -0.39 is 11.7 Å². The first kappa shape index (κ1) is 27.8. The Labute approximate surface area is 202 Å². The summed E-state index contributed by atoms with van der Waals surface area (Å²) in [5.41, 5.74) is 2.56. The third-order valence-corrected chi connectivity index (χ3v) is 6.99. The summed E-state index contributed by atoms with van der Waals surface area (Å²) < 4.78 is 44.9. The van der Waals surface area contributed by atoms with Crippen molar-refractivity contribution in [2.24, 2.45) is 0 Å². The lowest BCUT2D eigenvalue weighted by Gasteiger charge is -2.33. The largest absolute Gasteiger partial charge is 0.501 e. The zero-order valence-electron chi connectivity index (χ0n) is 20.4. The molecule has 0 aromatic heterocycles. The van der Waals surface area contributed by atoms with Crippen LogP contribution >= 0.6 is 11.6 Å². The van der Waals surface area contributed by atoms with Crippen molar-refractivity contribution in [1.82, 2.24) is 4.90 Å². The van der Waals surface area contributed by atoms with Crippen molar-refractivity contribution in [2.45, 2.75) is 83.7 Å². The van der Waals surface area contributed by atoms with Crippen LogP contribution in [0.2, 0.25) is 5.02 Å². The van der Waals surface area contributed by atoms with Crippen LogP contribution in [0.5, 0.6) is 0 Å². The van der Waals surface area contributed by atoms with E-state index in [1.54, 1.807) is 7.11 Å². The van der Waals surface area contributed by atoms with Crippen molar-refractivity contribution >= 4 is 11.6 Å². The molecule has 2 aliphatic rings. The summed E-state index contributed by atoms with van der Waals surface area (Å²) in [6.07, 6.45) is 5.03. The molecule has 1 aromatic rings. The summed E-state index contributed by atoms with van der Waals surface area (Å²) in [4.78, 5) is 2.40. The number of rotatable bonds is 6. The van der Waals surface area contributed by atoms with Gasteiger partial charge in [-0.15, -0.1) is 0 Å². The fourth-order valence-corrected chi connectivity index (χ4v) is 5.09. The highest BCUT2D eigenvalue weighted by Gasteiger charge is 2.32. The Bertz CT molecular complexity index is 795. The second-order valence-corrected chi connectivity index (χ2v) is 9.13. The van der Waals surface area contributed by atoms with E-state index >= 15 is 0 Å². The maximum atomic E-state index is 13.1. The van der Waals surface area contributed by atoms with Crippen molar-refractivity contribution in [3.63, 3.8) is 0 Å². The number of benzene rings is 1. The minimum atomic E-state index is -4.34. The van der Waals surface area contributed by atoms with E-state index in [1.807, 2.05) is 13.8 Å². The Morgan fingerprint density at radius 2 is 1.79 bits per heavy atom. The van der Waals surface area contributed by atoms with Crippen LogP contribution in [0.3, 0.4) is 0 Å². The van der Waals surface area contributed by atoms with E-state index in [2.05, 4.69) is 11.5 Å². The predicted octanol–water partition coefficient (Wildman–Crippen LogP) is 8.77. The van der Waals surface area contributed by atoms with E-state index in [-0.39, 0.29) is 5.92 Å². The number of piperidine rings is 1. The molecule has 186 valence electrons. The fraction of sp³-hybridized carbons (Fsp3) is 0.630. The number of halogens is 4. The van der Waals surface area contributed by atoms with Gasteiger partial charge in [0.25, 0.3) is 0 Å². The van der Waals surface area contributed by atoms with Crippen LogP contribution < -0.4 is 0 Å². The summed E-state index contributed by atoms with van der Waals surface area (Å²) in [6.45, 7) is 11.0. The summed E-state index contributed by atoms with van der Waals surface area (Å²) in [6, 6.07) is 3.68. The summed E-state index contributed by atoms with van der Waals surface area (Å²) in [5.74, 6) is 1.16. The standard InChI is InChI=1S/C25H33ClF3NO.C2H6/c1-18-7-4-3-5-8-21(18)24(31-2)9-6-14-30-15-12-19(13-16-30)22-17-20(25(27,28)29)10-11-23(22)26;1-2/h10-11,17,19H,1,3-9,12-16H2,2H3;1-2H3/b24-21-;. The summed E-state index contributed by atoms with van der Waals surface area (Å²) in [5, 5.41) is 0.437. The number of nitrogens with zero attached hydrogens (tertiary/aromatic N) is 1. The molecular weight excluding hydrogens is 447 g/mol. The first-order valence-electron chi connectivity index (χ1n) is 12.3. The van der Waals surface area contributed by atoms with E-state index in [4.69, 9.17) is 16.3 Å². The van der Waals surface area contributed by atoms with Gasteiger partial charge in [-0.2, -0.15) is 13.2 Å². The topological polar surface area (TPSA) is 12.5 Å². The monoisotopic (exact) mass is 485 g/mol. The molecule has 1 saturated carbocycles. The van der Waals surface area contributed by atoms with Gasteiger partial charge in [-0.05, 0) is 105 Å². The van der Waals surface area contributed by atoms with Gasteiger partial charge < -0.3 is 9.64 Å². The van der Waals surface area contributed by atoms with Gasteiger partial charge in [-0.1, -0.05) is 38.4 Å². The molecule has 0 unspecified atom stereocenters. The third kappa shape index (κ3) is 8.06. The van der Waals surface area contributed by atoms with Crippen molar-refractivity contribution < 1.29 is 17.9 Å². The average molecular weight is 486 g/mol. The minimum Gasteiger partial charge on any atom is -0.501 e. The Hall–Kier alpha value is -1.46. The van der Waals surface area contributed by atoms with E-state index in [1.165, 1.54) is 42.5 Å². The van der Waals surface area contributed by atoms with Gasteiger partial charge in [0, 0.05) is 11.4 Å². The molecule has 1 aromatic carbocycles. The smallest absolute Gasteiger partial charge is 0.416 e. The molecule has 33 heavy (non-hydrogen) atoms. The number of ether oxygens (including phenoxy) is 1. The molecule has 0 spiro atoms. The Morgan fingerprint density at radius 1 is 1.12 bits per heavy atom. The second kappa shape index (κ2) is 13.4. The number of likely N-dealkylation sites (tertiary alicyclic amines) is 1. The van der Waals surface area contributed by atoms with Crippen molar-refractivity contribution in [1.29, 1.82) is 0 Å².